The van der Waals surface area contributed by atoms with E-state index in [1.165, 1.54) is 11.8 Å². The summed E-state index contributed by atoms with van der Waals surface area (Å²) in [5.74, 6) is 1.36. The number of benzene rings is 1. The lowest BCUT2D eigenvalue weighted by molar-refractivity contribution is -0.120. The van der Waals surface area contributed by atoms with Crippen molar-refractivity contribution in [3.05, 3.63) is 66.4 Å². The number of nitrogens with one attached hydrogen (secondary N) is 1. The molecular weight excluding hydrogens is 334 g/mol. The van der Waals surface area contributed by atoms with Gasteiger partial charge in [0.15, 0.2) is 0 Å². The molecule has 0 aliphatic heterocycles. The number of rotatable bonds is 6. The topological polar surface area (TPSA) is 68.0 Å². The molecule has 25 heavy (non-hydrogen) atoms. The molecule has 5 nitrogen and oxygen atoms in total. The van der Waals surface area contributed by atoms with Gasteiger partial charge < -0.3 is 9.73 Å². The Bertz CT molecular complexity index is 835. The zero-order valence-electron chi connectivity index (χ0n) is 14.1. The second-order valence-corrected chi connectivity index (χ2v) is 6.92. The van der Waals surface area contributed by atoms with Crippen LogP contribution in [0.1, 0.15) is 18.5 Å². The summed E-state index contributed by atoms with van der Waals surface area (Å²) in [6.07, 6.45) is 1.59. The average molecular weight is 353 g/mol. The van der Waals surface area contributed by atoms with E-state index in [0.717, 1.165) is 22.0 Å². The number of thioether (sulfide) groups is 1. The van der Waals surface area contributed by atoms with E-state index in [0.29, 0.717) is 12.4 Å². The first kappa shape index (κ1) is 17.2. The van der Waals surface area contributed by atoms with Crippen molar-refractivity contribution in [3.63, 3.8) is 0 Å². The Morgan fingerprint density at radius 1 is 1.20 bits per heavy atom. The maximum atomic E-state index is 12.3. The predicted octanol–water partition coefficient (Wildman–Crippen LogP) is 3.84. The summed E-state index contributed by atoms with van der Waals surface area (Å²) in [7, 11) is 0. The normalized spacial score (nSPS) is 11.9. The summed E-state index contributed by atoms with van der Waals surface area (Å²) in [4.78, 5) is 21.2. The second-order valence-electron chi connectivity index (χ2n) is 5.56. The van der Waals surface area contributed by atoms with Crippen LogP contribution in [0, 0.1) is 6.92 Å². The number of hydrogen-bond acceptors (Lipinski definition) is 5. The van der Waals surface area contributed by atoms with Crippen LogP contribution in [0.2, 0.25) is 0 Å². The van der Waals surface area contributed by atoms with Gasteiger partial charge in [0, 0.05) is 5.56 Å². The summed E-state index contributed by atoms with van der Waals surface area (Å²) >= 11 is 1.42. The standard InChI is InChI=1S/C19H19N3O2S/c1-13(19(23)20-12-16-9-6-10-24-16)25-18-11-17(21-14(2)22-18)15-7-4-3-5-8-15/h3-11,13H,12H2,1-2H3,(H,20,23). The molecule has 0 aliphatic rings. The minimum Gasteiger partial charge on any atom is -0.467 e. The van der Waals surface area contributed by atoms with E-state index >= 15 is 0 Å². The highest BCUT2D eigenvalue weighted by Crippen LogP contribution is 2.26. The van der Waals surface area contributed by atoms with Crippen LogP contribution in [-0.2, 0) is 11.3 Å². The van der Waals surface area contributed by atoms with Crippen LogP contribution in [0.25, 0.3) is 11.3 Å². The quantitative estimate of drug-likeness (QED) is 0.539. The summed E-state index contributed by atoms with van der Waals surface area (Å²) in [5.41, 5.74) is 1.89. The third-order valence-corrected chi connectivity index (χ3v) is 4.59. The Hall–Kier alpha value is -2.60. The van der Waals surface area contributed by atoms with Gasteiger partial charge in [-0.1, -0.05) is 42.1 Å². The molecule has 0 fully saturated rings. The lowest BCUT2D eigenvalue weighted by Gasteiger charge is -2.12. The van der Waals surface area contributed by atoms with Crippen LogP contribution in [0.5, 0.6) is 0 Å². The first-order chi connectivity index (χ1) is 12.1. The number of amides is 1. The number of carbonyl (C=O) groups excluding carboxylic acids is 1. The van der Waals surface area contributed by atoms with E-state index in [2.05, 4.69) is 15.3 Å². The van der Waals surface area contributed by atoms with Gasteiger partial charge in [0.1, 0.15) is 16.6 Å². The van der Waals surface area contributed by atoms with Gasteiger partial charge in [-0.15, -0.1) is 0 Å². The van der Waals surface area contributed by atoms with Crippen molar-refractivity contribution >= 4 is 17.7 Å². The number of furan rings is 1. The molecule has 128 valence electrons. The van der Waals surface area contributed by atoms with Gasteiger partial charge >= 0.3 is 0 Å². The molecule has 1 N–H and O–H groups in total. The Labute approximate surface area is 150 Å². The smallest absolute Gasteiger partial charge is 0.233 e. The molecule has 0 saturated carbocycles. The van der Waals surface area contributed by atoms with Gasteiger partial charge in [0.05, 0.1) is 23.8 Å². The number of nitrogens with zero attached hydrogens (tertiary/aromatic N) is 2. The molecule has 1 aromatic carbocycles. The van der Waals surface area contributed by atoms with Crippen molar-refractivity contribution in [1.29, 1.82) is 0 Å². The highest BCUT2D eigenvalue weighted by Gasteiger charge is 2.16. The Morgan fingerprint density at radius 2 is 2.00 bits per heavy atom. The Kier molecular flexibility index (Phi) is 5.50. The molecule has 0 radical (unpaired) electrons. The molecule has 1 atom stereocenters. The maximum Gasteiger partial charge on any atom is 0.233 e. The Morgan fingerprint density at radius 3 is 2.72 bits per heavy atom. The van der Waals surface area contributed by atoms with Crippen molar-refractivity contribution in [3.8, 4) is 11.3 Å². The van der Waals surface area contributed by atoms with E-state index in [9.17, 15) is 4.79 Å². The Balaban J connectivity index is 1.67. The molecule has 0 aliphatic carbocycles. The molecule has 0 saturated heterocycles. The van der Waals surface area contributed by atoms with Crippen molar-refractivity contribution in [2.75, 3.05) is 0 Å². The van der Waals surface area contributed by atoms with E-state index in [1.54, 1.807) is 12.3 Å². The molecule has 0 bridgehead atoms. The number of carbonyl (C=O) groups is 1. The van der Waals surface area contributed by atoms with Crippen LogP contribution < -0.4 is 5.32 Å². The minimum absolute atomic E-state index is 0.0565. The van der Waals surface area contributed by atoms with Gasteiger partial charge in [-0.3, -0.25) is 4.79 Å². The molecule has 2 heterocycles. The second kappa shape index (κ2) is 7.98. The lowest BCUT2D eigenvalue weighted by Crippen LogP contribution is -2.30. The SMILES string of the molecule is Cc1nc(SC(C)C(=O)NCc2ccco2)cc(-c2ccccc2)n1. The van der Waals surface area contributed by atoms with Crippen molar-refractivity contribution < 1.29 is 9.21 Å². The van der Waals surface area contributed by atoms with Crippen LogP contribution in [0.15, 0.2) is 64.2 Å². The van der Waals surface area contributed by atoms with Gasteiger partial charge in [0.2, 0.25) is 5.91 Å². The zero-order valence-corrected chi connectivity index (χ0v) is 14.9. The van der Waals surface area contributed by atoms with Gasteiger partial charge in [-0.05, 0) is 32.0 Å². The minimum atomic E-state index is -0.270. The van der Waals surface area contributed by atoms with E-state index in [4.69, 9.17) is 4.42 Å². The fourth-order valence-corrected chi connectivity index (χ4v) is 3.24. The van der Waals surface area contributed by atoms with E-state index in [1.807, 2.05) is 56.3 Å². The van der Waals surface area contributed by atoms with Crippen LogP contribution >= 0.6 is 11.8 Å². The first-order valence-corrected chi connectivity index (χ1v) is 8.87. The zero-order chi connectivity index (χ0) is 17.6. The molecule has 1 amide bonds. The molecule has 3 rings (SSSR count). The lowest BCUT2D eigenvalue weighted by atomic mass is 10.1. The summed E-state index contributed by atoms with van der Waals surface area (Å²) in [6, 6.07) is 15.5. The number of hydrogen-bond donors (Lipinski definition) is 1. The molecular formula is C19H19N3O2S. The predicted molar refractivity (Wildman–Crippen MR) is 98.1 cm³/mol. The van der Waals surface area contributed by atoms with E-state index in [-0.39, 0.29) is 11.2 Å². The van der Waals surface area contributed by atoms with Crippen LogP contribution in [0.3, 0.4) is 0 Å². The molecule has 6 heteroatoms. The van der Waals surface area contributed by atoms with Gasteiger partial charge in [-0.2, -0.15) is 0 Å². The van der Waals surface area contributed by atoms with Gasteiger partial charge in [0.25, 0.3) is 0 Å². The summed E-state index contributed by atoms with van der Waals surface area (Å²) < 4.78 is 5.22. The van der Waals surface area contributed by atoms with Crippen LogP contribution in [-0.4, -0.2) is 21.1 Å². The molecule has 2 aromatic heterocycles. The fraction of sp³-hybridized carbons (Fsp3) is 0.211. The number of aromatic nitrogens is 2. The first-order valence-electron chi connectivity index (χ1n) is 7.99. The van der Waals surface area contributed by atoms with Crippen molar-refractivity contribution in [1.82, 2.24) is 15.3 Å². The van der Waals surface area contributed by atoms with Gasteiger partial charge in [-0.25, -0.2) is 9.97 Å². The average Bonchev–Trinajstić information content (AvgIpc) is 3.13. The molecule has 3 aromatic rings. The summed E-state index contributed by atoms with van der Waals surface area (Å²) in [6.45, 7) is 4.11. The van der Waals surface area contributed by atoms with E-state index < -0.39 is 0 Å². The third-order valence-electron chi connectivity index (χ3n) is 3.57. The summed E-state index contributed by atoms with van der Waals surface area (Å²) in [5, 5.41) is 3.38. The number of aryl methyl sites for hydroxylation is 1. The fourth-order valence-electron chi connectivity index (χ4n) is 2.32. The largest absolute Gasteiger partial charge is 0.467 e. The third kappa shape index (κ3) is 4.70. The molecule has 1 unspecified atom stereocenters. The highest BCUT2D eigenvalue weighted by molar-refractivity contribution is 8.00. The van der Waals surface area contributed by atoms with Crippen molar-refractivity contribution in [2.45, 2.75) is 30.7 Å². The highest BCUT2D eigenvalue weighted by atomic mass is 32.2. The van der Waals surface area contributed by atoms with Crippen molar-refractivity contribution in [2.24, 2.45) is 0 Å². The maximum absolute atomic E-state index is 12.3. The van der Waals surface area contributed by atoms with Crippen LogP contribution in [0.4, 0.5) is 0 Å². The molecule has 0 spiro atoms. The monoisotopic (exact) mass is 353 g/mol.